The van der Waals surface area contributed by atoms with Gasteiger partial charge in [-0.3, -0.25) is 20.3 Å². The van der Waals surface area contributed by atoms with Gasteiger partial charge in [-0.2, -0.15) is 5.10 Å². The minimum Gasteiger partial charge on any atom is -0.320 e. The molecule has 0 fully saturated rings. The molecule has 0 aliphatic heterocycles. The third-order valence-corrected chi connectivity index (χ3v) is 2.82. The highest BCUT2D eigenvalue weighted by Crippen LogP contribution is 2.17. The monoisotopic (exact) mass is 318 g/mol. The zero-order valence-corrected chi connectivity index (χ0v) is 11.9. The average molecular weight is 319 g/mol. The van der Waals surface area contributed by atoms with Crippen molar-refractivity contribution in [1.29, 1.82) is 0 Å². The summed E-state index contributed by atoms with van der Waals surface area (Å²) in [5.41, 5.74) is 3.33. The van der Waals surface area contributed by atoms with Gasteiger partial charge in [-0.1, -0.05) is 35.9 Å². The lowest BCUT2D eigenvalue weighted by Gasteiger charge is -2.04. The molecule has 0 aliphatic rings. The largest absolute Gasteiger partial charge is 0.320 e. The molecule has 22 heavy (non-hydrogen) atoms. The van der Waals surface area contributed by atoms with E-state index in [1.165, 1.54) is 18.2 Å². The summed E-state index contributed by atoms with van der Waals surface area (Å²) in [5.74, 6) is -0.592. The van der Waals surface area contributed by atoms with Crippen LogP contribution in [0.5, 0.6) is 0 Å². The van der Waals surface area contributed by atoms with Crippen molar-refractivity contribution < 1.29 is 9.72 Å². The molecule has 0 heterocycles. The highest BCUT2D eigenvalue weighted by molar-refractivity contribution is 6.84. The van der Waals surface area contributed by atoms with E-state index < -0.39 is 10.8 Å². The number of nitro benzene ring substituents is 1. The number of non-ortho nitro benzene ring substituents is 1. The van der Waals surface area contributed by atoms with Gasteiger partial charge in [0.05, 0.1) is 10.6 Å². The number of nitrogens with one attached hydrogen (secondary N) is 2. The van der Waals surface area contributed by atoms with E-state index in [0.29, 0.717) is 11.4 Å². The zero-order valence-electron chi connectivity index (χ0n) is 11.2. The lowest BCUT2D eigenvalue weighted by atomic mass is 10.3. The number of carbonyl (C=O) groups excluding carboxylic acids is 1. The van der Waals surface area contributed by atoms with Gasteiger partial charge >= 0.3 is 0 Å². The van der Waals surface area contributed by atoms with Crippen molar-refractivity contribution in [2.75, 3.05) is 10.7 Å². The molecule has 2 N–H and O–H groups in total. The zero-order chi connectivity index (χ0) is 15.9. The predicted octanol–water partition coefficient (Wildman–Crippen LogP) is 3.20. The Balaban J connectivity index is 2.01. The first-order valence-electron chi connectivity index (χ1n) is 6.16. The number of anilines is 2. The minimum atomic E-state index is -0.592. The van der Waals surface area contributed by atoms with Gasteiger partial charge in [0.15, 0.2) is 0 Å². The molecule has 0 bridgehead atoms. The number of rotatable bonds is 5. The fraction of sp³-hybridized carbons (Fsp3) is 0. The van der Waals surface area contributed by atoms with Crippen LogP contribution in [0.3, 0.4) is 0 Å². The topological polar surface area (TPSA) is 96.6 Å². The van der Waals surface area contributed by atoms with Gasteiger partial charge in [0, 0.05) is 17.8 Å². The van der Waals surface area contributed by atoms with E-state index in [0.717, 1.165) is 0 Å². The van der Waals surface area contributed by atoms with Crippen molar-refractivity contribution in [2.45, 2.75) is 0 Å². The lowest BCUT2D eigenvalue weighted by molar-refractivity contribution is -0.384. The number of amides is 1. The molecule has 8 heteroatoms. The molecule has 0 radical (unpaired) electrons. The Morgan fingerprint density at radius 1 is 1.09 bits per heavy atom. The average Bonchev–Trinajstić information content (AvgIpc) is 2.53. The summed E-state index contributed by atoms with van der Waals surface area (Å²) < 4.78 is 0. The van der Waals surface area contributed by atoms with Crippen molar-refractivity contribution in [3.63, 3.8) is 0 Å². The second-order valence-corrected chi connectivity index (χ2v) is 4.50. The maximum absolute atomic E-state index is 11.8. The van der Waals surface area contributed by atoms with E-state index in [2.05, 4.69) is 15.8 Å². The van der Waals surface area contributed by atoms with Gasteiger partial charge in [-0.25, -0.2) is 0 Å². The van der Waals surface area contributed by atoms with Crippen LogP contribution in [-0.2, 0) is 4.79 Å². The summed E-state index contributed by atoms with van der Waals surface area (Å²) in [4.78, 5) is 21.9. The number of halogens is 1. The van der Waals surface area contributed by atoms with E-state index in [4.69, 9.17) is 11.6 Å². The number of hydrazone groups is 1. The first kappa shape index (κ1) is 15.5. The Labute approximate surface area is 130 Å². The molecule has 2 aromatic carbocycles. The molecule has 7 nitrogen and oxygen atoms in total. The molecule has 2 aromatic rings. The van der Waals surface area contributed by atoms with Gasteiger partial charge < -0.3 is 5.32 Å². The number of para-hydroxylation sites is 1. The van der Waals surface area contributed by atoms with Crippen LogP contribution in [0.1, 0.15) is 0 Å². The van der Waals surface area contributed by atoms with Crippen molar-refractivity contribution in [2.24, 2.45) is 5.10 Å². The third-order valence-electron chi connectivity index (χ3n) is 2.56. The third kappa shape index (κ3) is 4.29. The normalized spacial score (nSPS) is 10.9. The summed E-state index contributed by atoms with van der Waals surface area (Å²) in [6.45, 7) is 0. The van der Waals surface area contributed by atoms with Crippen LogP contribution in [0, 0.1) is 10.1 Å². The highest BCUT2D eigenvalue weighted by atomic mass is 35.5. The highest BCUT2D eigenvalue weighted by Gasteiger charge is 2.09. The maximum Gasteiger partial charge on any atom is 0.287 e. The number of nitrogens with zero attached hydrogens (tertiary/aromatic N) is 2. The molecule has 0 saturated carbocycles. The molecular weight excluding hydrogens is 308 g/mol. The van der Waals surface area contributed by atoms with Gasteiger partial charge in [0.25, 0.3) is 11.6 Å². The van der Waals surface area contributed by atoms with Crippen LogP contribution in [0.15, 0.2) is 59.7 Å². The molecule has 0 saturated heterocycles. The van der Waals surface area contributed by atoms with Gasteiger partial charge in [0.1, 0.15) is 0 Å². The molecule has 1 amide bonds. The molecule has 0 atom stereocenters. The van der Waals surface area contributed by atoms with E-state index in [9.17, 15) is 14.9 Å². The number of benzene rings is 2. The van der Waals surface area contributed by atoms with E-state index in [1.807, 2.05) is 6.07 Å². The number of hydrogen-bond acceptors (Lipinski definition) is 5. The number of carbonyl (C=O) groups is 1. The predicted molar refractivity (Wildman–Crippen MR) is 85.1 cm³/mol. The second kappa shape index (κ2) is 7.19. The van der Waals surface area contributed by atoms with Crippen LogP contribution in [0.25, 0.3) is 0 Å². The van der Waals surface area contributed by atoms with Crippen LogP contribution in [-0.4, -0.2) is 16.0 Å². The van der Waals surface area contributed by atoms with Gasteiger partial charge in [-0.15, -0.1) is 0 Å². The van der Waals surface area contributed by atoms with Crippen molar-refractivity contribution in [3.05, 3.63) is 64.7 Å². The van der Waals surface area contributed by atoms with Crippen molar-refractivity contribution >= 4 is 39.7 Å². The fourth-order valence-corrected chi connectivity index (χ4v) is 1.65. The summed E-state index contributed by atoms with van der Waals surface area (Å²) in [6, 6.07) is 14.4. The second-order valence-electron chi connectivity index (χ2n) is 4.14. The Morgan fingerprint density at radius 3 is 2.45 bits per heavy atom. The lowest BCUT2D eigenvalue weighted by Crippen LogP contribution is -2.19. The molecule has 0 unspecified atom stereocenters. The molecular formula is C14H11ClN4O3. The first-order chi connectivity index (χ1) is 10.6. The van der Waals surface area contributed by atoms with E-state index >= 15 is 0 Å². The SMILES string of the molecule is O=C(Nc1ccccc1)/C(Cl)=N/Nc1cccc([N+](=O)[O-])c1. The van der Waals surface area contributed by atoms with Crippen LogP contribution >= 0.6 is 11.6 Å². The van der Waals surface area contributed by atoms with E-state index in [-0.39, 0.29) is 10.9 Å². The molecule has 0 aromatic heterocycles. The summed E-state index contributed by atoms with van der Waals surface area (Å²) in [7, 11) is 0. The number of nitro groups is 1. The van der Waals surface area contributed by atoms with E-state index in [1.54, 1.807) is 30.3 Å². The maximum atomic E-state index is 11.8. The molecule has 112 valence electrons. The Kier molecular flexibility index (Phi) is 5.05. The van der Waals surface area contributed by atoms with Crippen molar-refractivity contribution in [3.8, 4) is 0 Å². The molecule has 0 spiro atoms. The Hall–Kier alpha value is -2.93. The summed E-state index contributed by atoms with van der Waals surface area (Å²) in [5, 5.41) is 16.6. The Morgan fingerprint density at radius 2 is 1.77 bits per heavy atom. The molecule has 0 aliphatic carbocycles. The fourth-order valence-electron chi connectivity index (χ4n) is 1.56. The molecule has 2 rings (SSSR count). The van der Waals surface area contributed by atoms with Crippen LogP contribution in [0.2, 0.25) is 0 Å². The van der Waals surface area contributed by atoms with Crippen LogP contribution in [0.4, 0.5) is 17.1 Å². The van der Waals surface area contributed by atoms with Gasteiger partial charge in [0.2, 0.25) is 5.17 Å². The Bertz CT molecular complexity index is 719. The minimum absolute atomic E-state index is 0.0925. The first-order valence-corrected chi connectivity index (χ1v) is 6.54. The van der Waals surface area contributed by atoms with Crippen molar-refractivity contribution in [1.82, 2.24) is 0 Å². The van der Waals surface area contributed by atoms with Crippen LogP contribution < -0.4 is 10.7 Å². The smallest absolute Gasteiger partial charge is 0.287 e. The standard InChI is InChI=1S/C14H11ClN4O3/c15-13(14(20)16-10-5-2-1-3-6-10)18-17-11-7-4-8-12(9-11)19(21)22/h1-9,17H,(H,16,20)/b18-13-. The quantitative estimate of drug-likeness (QED) is 0.502. The van der Waals surface area contributed by atoms with Gasteiger partial charge in [-0.05, 0) is 18.2 Å². The number of hydrogen-bond donors (Lipinski definition) is 2. The summed E-state index contributed by atoms with van der Waals surface area (Å²) in [6.07, 6.45) is 0. The summed E-state index contributed by atoms with van der Waals surface area (Å²) >= 11 is 5.78.